The van der Waals surface area contributed by atoms with E-state index in [4.69, 9.17) is 14.2 Å². The summed E-state index contributed by atoms with van der Waals surface area (Å²) in [6, 6.07) is 4.85. The Hall–Kier alpha value is -1.15. The molecule has 0 saturated carbocycles. The van der Waals surface area contributed by atoms with Crippen molar-refractivity contribution in [2.75, 3.05) is 26.9 Å². The van der Waals surface area contributed by atoms with Gasteiger partial charge in [0.1, 0.15) is 5.75 Å². The molecule has 0 bridgehead atoms. The molecule has 2 fully saturated rings. The number of ether oxygens (including phenoxy) is 3. The molecule has 23 heavy (non-hydrogen) atoms. The molecule has 0 radical (unpaired) electrons. The Kier molecular flexibility index (Phi) is 4.64. The van der Waals surface area contributed by atoms with E-state index in [2.05, 4.69) is 4.72 Å². The zero-order valence-corrected chi connectivity index (χ0v) is 14.3. The van der Waals surface area contributed by atoms with Crippen LogP contribution >= 0.6 is 0 Å². The van der Waals surface area contributed by atoms with Crippen LogP contribution in [0.1, 0.15) is 24.8 Å². The Morgan fingerprint density at radius 1 is 1.35 bits per heavy atom. The fraction of sp³-hybridized carbons (Fsp3) is 0.625. The smallest absolute Gasteiger partial charge is 0.241 e. The van der Waals surface area contributed by atoms with E-state index in [1.807, 2.05) is 0 Å². The third-order valence-corrected chi connectivity index (χ3v) is 6.23. The molecule has 1 aromatic carbocycles. The summed E-state index contributed by atoms with van der Waals surface area (Å²) in [5.74, 6) is 0.648. The van der Waals surface area contributed by atoms with Crippen molar-refractivity contribution >= 4 is 10.0 Å². The SMILES string of the molecule is COc1ccc(S(=O)(=O)N[C@@H]2CCO[C@]3(CCOC3)C2)c(C)c1. The van der Waals surface area contributed by atoms with E-state index in [-0.39, 0.29) is 11.6 Å². The van der Waals surface area contributed by atoms with Crippen LogP contribution in [0.3, 0.4) is 0 Å². The van der Waals surface area contributed by atoms with Crippen LogP contribution in [-0.4, -0.2) is 47.0 Å². The molecule has 2 aliphatic heterocycles. The molecule has 7 heteroatoms. The first-order valence-corrected chi connectivity index (χ1v) is 9.31. The Bertz CT molecular complexity index is 667. The van der Waals surface area contributed by atoms with E-state index in [0.29, 0.717) is 48.9 Å². The van der Waals surface area contributed by atoms with E-state index in [0.717, 1.165) is 6.42 Å². The van der Waals surface area contributed by atoms with E-state index in [1.165, 1.54) is 0 Å². The van der Waals surface area contributed by atoms with Crippen molar-refractivity contribution in [3.05, 3.63) is 23.8 Å². The highest BCUT2D eigenvalue weighted by Crippen LogP contribution is 2.33. The predicted molar refractivity (Wildman–Crippen MR) is 85.2 cm³/mol. The summed E-state index contributed by atoms with van der Waals surface area (Å²) in [7, 11) is -2.00. The van der Waals surface area contributed by atoms with Crippen molar-refractivity contribution in [1.82, 2.24) is 4.72 Å². The summed E-state index contributed by atoms with van der Waals surface area (Å²) in [5.41, 5.74) is 0.350. The number of rotatable bonds is 4. The second-order valence-corrected chi connectivity index (χ2v) is 7.96. The van der Waals surface area contributed by atoms with E-state index < -0.39 is 10.0 Å². The molecule has 1 spiro atoms. The average molecular weight is 341 g/mol. The highest BCUT2D eigenvalue weighted by atomic mass is 32.2. The largest absolute Gasteiger partial charge is 0.497 e. The molecule has 2 aliphatic rings. The van der Waals surface area contributed by atoms with E-state index in [1.54, 1.807) is 32.2 Å². The second kappa shape index (κ2) is 6.39. The molecule has 0 aliphatic carbocycles. The van der Waals surface area contributed by atoms with Crippen LogP contribution in [0.15, 0.2) is 23.1 Å². The standard InChI is InChI=1S/C16H23NO5S/c1-12-9-14(20-2)3-4-15(12)23(18,19)17-13-5-7-22-16(10-13)6-8-21-11-16/h3-4,9,13,17H,5-8,10-11H2,1-2H3/t13-,16-/m1/s1. The van der Waals surface area contributed by atoms with Gasteiger partial charge in [0.2, 0.25) is 10.0 Å². The van der Waals surface area contributed by atoms with Gasteiger partial charge in [-0.25, -0.2) is 13.1 Å². The van der Waals surface area contributed by atoms with Gasteiger partial charge in [-0.3, -0.25) is 0 Å². The number of hydrogen-bond acceptors (Lipinski definition) is 5. The number of aryl methyl sites for hydroxylation is 1. The van der Waals surface area contributed by atoms with Gasteiger partial charge in [-0.1, -0.05) is 0 Å². The summed E-state index contributed by atoms with van der Waals surface area (Å²) >= 11 is 0. The van der Waals surface area contributed by atoms with Crippen LogP contribution in [0.4, 0.5) is 0 Å². The summed E-state index contributed by atoms with van der Waals surface area (Å²) in [6.45, 7) is 3.55. The molecule has 2 atom stereocenters. The van der Waals surface area contributed by atoms with Gasteiger partial charge < -0.3 is 14.2 Å². The maximum Gasteiger partial charge on any atom is 0.241 e. The monoisotopic (exact) mass is 341 g/mol. The Labute approximate surface area is 137 Å². The van der Waals surface area contributed by atoms with Gasteiger partial charge in [0.05, 0.1) is 24.2 Å². The fourth-order valence-corrected chi connectivity index (χ4v) is 4.82. The van der Waals surface area contributed by atoms with Crippen molar-refractivity contribution in [2.24, 2.45) is 0 Å². The van der Waals surface area contributed by atoms with Gasteiger partial charge >= 0.3 is 0 Å². The first-order valence-electron chi connectivity index (χ1n) is 7.83. The van der Waals surface area contributed by atoms with Gasteiger partial charge in [-0.2, -0.15) is 0 Å². The Morgan fingerprint density at radius 3 is 2.83 bits per heavy atom. The van der Waals surface area contributed by atoms with E-state index in [9.17, 15) is 8.42 Å². The zero-order chi connectivity index (χ0) is 16.5. The first-order chi connectivity index (χ1) is 10.9. The lowest BCUT2D eigenvalue weighted by molar-refractivity contribution is -0.0868. The molecular weight excluding hydrogens is 318 g/mol. The third-order valence-electron chi connectivity index (χ3n) is 4.55. The summed E-state index contributed by atoms with van der Waals surface area (Å²) in [4.78, 5) is 0.293. The quantitative estimate of drug-likeness (QED) is 0.901. The number of hydrogen-bond donors (Lipinski definition) is 1. The molecule has 2 heterocycles. The molecule has 2 saturated heterocycles. The number of nitrogens with one attached hydrogen (secondary N) is 1. The van der Waals surface area contributed by atoms with Gasteiger partial charge in [0.25, 0.3) is 0 Å². The Balaban J connectivity index is 1.75. The number of sulfonamides is 1. The van der Waals surface area contributed by atoms with Gasteiger partial charge in [0.15, 0.2) is 0 Å². The molecular formula is C16H23NO5S. The second-order valence-electron chi connectivity index (χ2n) is 6.28. The van der Waals surface area contributed by atoms with E-state index >= 15 is 0 Å². The highest BCUT2D eigenvalue weighted by Gasteiger charge is 2.42. The van der Waals surface area contributed by atoms with Crippen LogP contribution in [-0.2, 0) is 19.5 Å². The summed E-state index contributed by atoms with van der Waals surface area (Å²) in [5, 5.41) is 0. The number of methoxy groups -OCH3 is 1. The molecule has 3 rings (SSSR count). The van der Waals surface area contributed by atoms with Crippen LogP contribution in [0, 0.1) is 6.92 Å². The highest BCUT2D eigenvalue weighted by molar-refractivity contribution is 7.89. The van der Waals surface area contributed by atoms with Crippen LogP contribution in [0.2, 0.25) is 0 Å². The lowest BCUT2D eigenvalue weighted by Crippen LogP contribution is -2.49. The Morgan fingerprint density at radius 2 is 2.17 bits per heavy atom. The molecule has 1 aromatic rings. The lowest BCUT2D eigenvalue weighted by Gasteiger charge is -2.37. The first kappa shape index (κ1) is 16.7. The minimum Gasteiger partial charge on any atom is -0.497 e. The van der Waals surface area contributed by atoms with Gasteiger partial charge in [-0.15, -0.1) is 0 Å². The molecule has 0 aromatic heterocycles. The molecule has 6 nitrogen and oxygen atoms in total. The van der Waals surface area contributed by atoms with Crippen molar-refractivity contribution in [1.29, 1.82) is 0 Å². The van der Waals surface area contributed by atoms with Crippen LogP contribution in [0.5, 0.6) is 5.75 Å². The third kappa shape index (κ3) is 3.52. The maximum absolute atomic E-state index is 12.7. The summed E-state index contributed by atoms with van der Waals surface area (Å²) in [6.07, 6.45) is 2.16. The predicted octanol–water partition coefficient (Wildman–Crippen LogP) is 1.62. The maximum atomic E-state index is 12.7. The minimum absolute atomic E-state index is 0.128. The number of benzene rings is 1. The molecule has 0 amide bonds. The van der Waals surface area contributed by atoms with Crippen LogP contribution < -0.4 is 9.46 Å². The molecule has 128 valence electrons. The lowest BCUT2D eigenvalue weighted by atomic mass is 9.90. The van der Waals surface area contributed by atoms with Gasteiger partial charge in [-0.05, 0) is 43.5 Å². The van der Waals surface area contributed by atoms with Crippen molar-refractivity contribution in [3.63, 3.8) is 0 Å². The average Bonchev–Trinajstić information content (AvgIpc) is 2.94. The molecule has 1 N–H and O–H groups in total. The molecule has 0 unspecified atom stereocenters. The normalized spacial score (nSPS) is 28.2. The van der Waals surface area contributed by atoms with Crippen molar-refractivity contribution in [3.8, 4) is 5.75 Å². The summed E-state index contributed by atoms with van der Waals surface area (Å²) < 4.78 is 44.7. The fourth-order valence-electron chi connectivity index (χ4n) is 3.32. The topological polar surface area (TPSA) is 73.9 Å². The van der Waals surface area contributed by atoms with Crippen LogP contribution in [0.25, 0.3) is 0 Å². The minimum atomic E-state index is -3.56. The van der Waals surface area contributed by atoms with Crippen molar-refractivity contribution in [2.45, 2.75) is 42.7 Å². The van der Waals surface area contributed by atoms with Crippen molar-refractivity contribution < 1.29 is 22.6 Å². The van der Waals surface area contributed by atoms with Gasteiger partial charge in [0, 0.05) is 25.7 Å². The zero-order valence-electron chi connectivity index (χ0n) is 13.5.